The van der Waals surface area contributed by atoms with E-state index in [4.69, 9.17) is 4.74 Å². The van der Waals surface area contributed by atoms with Crippen molar-refractivity contribution >= 4 is 39.2 Å². The molecule has 0 spiro atoms. The molecular weight excluding hydrogens is 448 g/mol. The highest BCUT2D eigenvalue weighted by Gasteiger charge is 2.64. The van der Waals surface area contributed by atoms with Crippen LogP contribution in [0, 0.1) is 11.8 Å². The molecule has 0 bridgehead atoms. The molecule has 5 rings (SSSR count). The summed E-state index contributed by atoms with van der Waals surface area (Å²) in [5.74, 6) is -1.01. The fourth-order valence-corrected chi connectivity index (χ4v) is 5.70. The van der Waals surface area contributed by atoms with Crippen molar-refractivity contribution in [3.8, 4) is 5.75 Å². The maximum Gasteiger partial charge on any atom is 0.239 e. The summed E-state index contributed by atoms with van der Waals surface area (Å²) in [4.78, 5) is 43.7. The summed E-state index contributed by atoms with van der Waals surface area (Å²) in [5.41, 5.74) is 1.09. The molecule has 3 aliphatic heterocycles. The fourth-order valence-electron chi connectivity index (χ4n) is 5.31. The van der Waals surface area contributed by atoms with Gasteiger partial charge in [-0.15, -0.1) is 0 Å². The fraction of sp³-hybridized carbons (Fsp3) is 0.348. The number of anilines is 1. The van der Waals surface area contributed by atoms with Crippen molar-refractivity contribution in [2.75, 3.05) is 18.6 Å². The lowest BCUT2D eigenvalue weighted by atomic mass is 9.85. The summed E-state index contributed by atoms with van der Waals surface area (Å²) >= 11 is 3.41. The number of ether oxygens (including phenoxy) is 1. The molecule has 7 heteroatoms. The van der Waals surface area contributed by atoms with Gasteiger partial charge in [-0.05, 0) is 61.9 Å². The summed E-state index contributed by atoms with van der Waals surface area (Å²) < 4.78 is 5.98. The number of fused-ring (bicyclic) bond motifs is 3. The van der Waals surface area contributed by atoms with E-state index in [1.807, 2.05) is 6.07 Å². The summed E-state index contributed by atoms with van der Waals surface area (Å²) in [6.07, 6.45) is 1.76. The number of methoxy groups -OCH3 is 1. The van der Waals surface area contributed by atoms with Crippen molar-refractivity contribution in [3.05, 3.63) is 58.6 Å². The van der Waals surface area contributed by atoms with Crippen LogP contribution in [0.25, 0.3) is 0 Å². The van der Waals surface area contributed by atoms with Gasteiger partial charge in [-0.3, -0.25) is 19.3 Å². The SMILES string of the molecule is COc1ccc(C(=O)[C@@H]2[C@@H]3C(=O)N(c4cccc(Br)c4)C(=O)[C@@H]3[C@@H]3CCCN23)cc1. The van der Waals surface area contributed by atoms with Gasteiger partial charge in [-0.25, -0.2) is 4.90 Å². The Morgan fingerprint density at radius 1 is 1.07 bits per heavy atom. The smallest absolute Gasteiger partial charge is 0.239 e. The van der Waals surface area contributed by atoms with Crippen LogP contribution in [-0.4, -0.2) is 48.2 Å². The molecule has 0 aliphatic carbocycles. The van der Waals surface area contributed by atoms with Crippen molar-refractivity contribution in [3.63, 3.8) is 0 Å². The van der Waals surface area contributed by atoms with Crippen LogP contribution >= 0.6 is 15.9 Å². The number of benzene rings is 2. The van der Waals surface area contributed by atoms with E-state index in [0.29, 0.717) is 17.0 Å². The van der Waals surface area contributed by atoms with Crippen LogP contribution in [0.3, 0.4) is 0 Å². The Morgan fingerprint density at radius 2 is 1.80 bits per heavy atom. The predicted molar refractivity (Wildman–Crippen MR) is 114 cm³/mol. The Labute approximate surface area is 182 Å². The molecule has 0 saturated carbocycles. The molecule has 2 aromatic rings. The Morgan fingerprint density at radius 3 is 2.50 bits per heavy atom. The highest BCUT2D eigenvalue weighted by atomic mass is 79.9. The number of imide groups is 1. The average Bonchev–Trinajstić information content (AvgIpc) is 3.39. The number of halogens is 1. The summed E-state index contributed by atoms with van der Waals surface area (Å²) in [5, 5.41) is 0. The van der Waals surface area contributed by atoms with Crippen molar-refractivity contribution in [2.24, 2.45) is 11.8 Å². The van der Waals surface area contributed by atoms with Gasteiger partial charge in [0, 0.05) is 16.1 Å². The first-order valence-corrected chi connectivity index (χ1v) is 10.9. The zero-order chi connectivity index (χ0) is 21.0. The Balaban J connectivity index is 1.53. The molecule has 2 aromatic carbocycles. The van der Waals surface area contributed by atoms with Crippen molar-refractivity contribution in [1.29, 1.82) is 0 Å². The van der Waals surface area contributed by atoms with Crippen LogP contribution in [0.4, 0.5) is 5.69 Å². The highest BCUT2D eigenvalue weighted by molar-refractivity contribution is 9.10. The minimum Gasteiger partial charge on any atom is -0.497 e. The Hall–Kier alpha value is -2.51. The molecule has 154 valence electrons. The second-order valence-electron chi connectivity index (χ2n) is 8.03. The van der Waals surface area contributed by atoms with Crippen molar-refractivity contribution in [2.45, 2.75) is 24.9 Å². The van der Waals surface area contributed by atoms with Crippen LogP contribution in [0.1, 0.15) is 23.2 Å². The zero-order valence-corrected chi connectivity index (χ0v) is 18.0. The second kappa shape index (κ2) is 7.32. The third-order valence-electron chi connectivity index (χ3n) is 6.56. The molecule has 30 heavy (non-hydrogen) atoms. The van der Waals surface area contributed by atoms with Gasteiger partial charge in [0.05, 0.1) is 30.7 Å². The lowest BCUT2D eigenvalue weighted by Gasteiger charge is -2.27. The van der Waals surface area contributed by atoms with E-state index >= 15 is 0 Å². The normalized spacial score (nSPS) is 28.0. The molecule has 2 amide bonds. The molecule has 3 aliphatic rings. The predicted octanol–water partition coefficient (Wildman–Crippen LogP) is 3.29. The lowest BCUT2D eigenvalue weighted by Crippen LogP contribution is -2.46. The molecule has 6 nitrogen and oxygen atoms in total. The number of carbonyl (C=O) groups is 3. The molecule has 0 unspecified atom stereocenters. The van der Waals surface area contributed by atoms with Gasteiger partial charge in [0.15, 0.2) is 5.78 Å². The number of ketones is 1. The molecule has 3 heterocycles. The highest BCUT2D eigenvalue weighted by Crippen LogP contribution is 2.48. The monoisotopic (exact) mass is 468 g/mol. The number of hydrogen-bond acceptors (Lipinski definition) is 5. The molecule has 4 atom stereocenters. The van der Waals surface area contributed by atoms with Gasteiger partial charge >= 0.3 is 0 Å². The number of hydrogen-bond donors (Lipinski definition) is 0. The van der Waals surface area contributed by atoms with Crippen LogP contribution in [0.15, 0.2) is 53.0 Å². The summed E-state index contributed by atoms with van der Waals surface area (Å²) in [7, 11) is 1.58. The molecule has 0 aromatic heterocycles. The molecule has 0 N–H and O–H groups in total. The van der Waals surface area contributed by atoms with Gasteiger partial charge in [0.2, 0.25) is 11.8 Å². The van der Waals surface area contributed by atoms with Gasteiger partial charge in [-0.2, -0.15) is 0 Å². The van der Waals surface area contributed by atoms with Crippen LogP contribution in [0.2, 0.25) is 0 Å². The molecular formula is C23H21BrN2O4. The van der Waals surface area contributed by atoms with E-state index in [-0.39, 0.29) is 23.6 Å². The number of nitrogens with zero attached hydrogens (tertiary/aromatic N) is 2. The Kier molecular flexibility index (Phi) is 4.75. The standard InChI is InChI=1S/C23H21BrN2O4/c1-30-16-9-7-13(8-10-16)21(27)20-19-18(17-6-3-11-25(17)20)22(28)26(23(19)29)15-5-2-4-14(24)12-15/h2,4-5,7-10,12,17-20H,3,6,11H2,1H3/t17-,18+,19+,20-/m0/s1. The second-order valence-corrected chi connectivity index (χ2v) is 8.94. The third-order valence-corrected chi connectivity index (χ3v) is 7.05. The van der Waals surface area contributed by atoms with Gasteiger partial charge < -0.3 is 4.74 Å². The molecule has 3 saturated heterocycles. The van der Waals surface area contributed by atoms with Crippen molar-refractivity contribution < 1.29 is 19.1 Å². The zero-order valence-electron chi connectivity index (χ0n) is 16.5. The van der Waals surface area contributed by atoms with E-state index in [1.54, 1.807) is 49.6 Å². The van der Waals surface area contributed by atoms with E-state index in [9.17, 15) is 14.4 Å². The van der Waals surface area contributed by atoms with Crippen molar-refractivity contribution in [1.82, 2.24) is 4.90 Å². The maximum absolute atomic E-state index is 13.5. The van der Waals surface area contributed by atoms with E-state index < -0.39 is 17.9 Å². The third kappa shape index (κ3) is 2.83. The Bertz CT molecular complexity index is 1040. The summed E-state index contributed by atoms with van der Waals surface area (Å²) in [6.45, 7) is 0.738. The first-order valence-electron chi connectivity index (χ1n) is 10.1. The topological polar surface area (TPSA) is 66.9 Å². The first-order chi connectivity index (χ1) is 14.5. The molecule has 0 radical (unpaired) electrons. The summed E-state index contributed by atoms with van der Waals surface area (Å²) in [6, 6.07) is 13.5. The minimum absolute atomic E-state index is 0.0594. The number of rotatable bonds is 4. The van der Waals surface area contributed by atoms with E-state index in [2.05, 4.69) is 20.8 Å². The van der Waals surface area contributed by atoms with Crippen LogP contribution < -0.4 is 9.64 Å². The van der Waals surface area contributed by atoms with Gasteiger partial charge in [0.25, 0.3) is 0 Å². The van der Waals surface area contributed by atoms with E-state index in [0.717, 1.165) is 23.9 Å². The first kappa shape index (κ1) is 19.5. The van der Waals surface area contributed by atoms with Crippen LogP contribution in [-0.2, 0) is 9.59 Å². The number of amides is 2. The largest absolute Gasteiger partial charge is 0.497 e. The average molecular weight is 469 g/mol. The minimum atomic E-state index is -0.642. The van der Waals surface area contributed by atoms with Crippen LogP contribution in [0.5, 0.6) is 5.75 Å². The van der Waals surface area contributed by atoms with E-state index in [1.165, 1.54) is 4.90 Å². The number of carbonyl (C=O) groups excluding carboxylic acids is 3. The number of Topliss-reactive ketones (excluding diaryl/α,β-unsaturated/α-hetero) is 1. The van der Waals surface area contributed by atoms with Gasteiger partial charge in [-0.1, -0.05) is 22.0 Å². The maximum atomic E-state index is 13.5. The van der Waals surface area contributed by atoms with Gasteiger partial charge in [0.1, 0.15) is 5.75 Å². The quantitative estimate of drug-likeness (QED) is 0.508. The molecule has 3 fully saturated rings. The lowest BCUT2D eigenvalue weighted by molar-refractivity contribution is -0.123.